The maximum absolute atomic E-state index is 11.8. The van der Waals surface area contributed by atoms with Crippen molar-refractivity contribution in [2.24, 2.45) is 0 Å². The quantitative estimate of drug-likeness (QED) is 0.832. The average Bonchev–Trinajstić information content (AvgIpc) is 2.68. The Labute approximate surface area is 148 Å². The summed E-state index contributed by atoms with van der Waals surface area (Å²) in [6, 6.07) is 8.17. The van der Waals surface area contributed by atoms with E-state index in [2.05, 4.69) is 20.9 Å². The summed E-state index contributed by atoms with van der Waals surface area (Å²) in [5.41, 5.74) is 0.461. The SMILES string of the molecule is CCOC(=O)N1CCN([C@H]2CCCN(c3cccc(C#N)n3)C2)CC1. The number of piperidine rings is 1. The maximum atomic E-state index is 11.8. The molecule has 2 fully saturated rings. The van der Waals surface area contributed by atoms with Gasteiger partial charge in [-0.25, -0.2) is 9.78 Å². The number of carbonyl (C=O) groups is 1. The van der Waals surface area contributed by atoms with Crippen molar-refractivity contribution in [2.75, 3.05) is 50.8 Å². The molecule has 3 rings (SSSR count). The first-order valence-corrected chi connectivity index (χ1v) is 8.99. The Morgan fingerprint density at radius 3 is 2.84 bits per heavy atom. The van der Waals surface area contributed by atoms with Gasteiger partial charge in [-0.15, -0.1) is 0 Å². The van der Waals surface area contributed by atoms with Crippen molar-refractivity contribution in [3.05, 3.63) is 23.9 Å². The second-order valence-electron chi connectivity index (χ2n) is 6.46. The minimum absolute atomic E-state index is 0.204. The van der Waals surface area contributed by atoms with Crippen molar-refractivity contribution in [2.45, 2.75) is 25.8 Å². The number of pyridine rings is 1. The van der Waals surface area contributed by atoms with Gasteiger partial charge in [0.05, 0.1) is 6.61 Å². The molecule has 0 unspecified atom stereocenters. The zero-order chi connectivity index (χ0) is 17.6. The van der Waals surface area contributed by atoms with Crippen LogP contribution < -0.4 is 4.90 Å². The van der Waals surface area contributed by atoms with Gasteiger partial charge in [0.1, 0.15) is 17.6 Å². The molecule has 2 saturated heterocycles. The van der Waals surface area contributed by atoms with Crippen LogP contribution in [0.5, 0.6) is 0 Å². The summed E-state index contributed by atoms with van der Waals surface area (Å²) in [4.78, 5) is 22.8. The molecule has 1 amide bonds. The van der Waals surface area contributed by atoms with E-state index in [0.717, 1.165) is 57.9 Å². The number of aromatic nitrogens is 1. The van der Waals surface area contributed by atoms with Crippen molar-refractivity contribution in [1.82, 2.24) is 14.8 Å². The summed E-state index contributed by atoms with van der Waals surface area (Å²) in [5, 5.41) is 9.04. The van der Waals surface area contributed by atoms with E-state index in [1.807, 2.05) is 19.1 Å². The zero-order valence-electron chi connectivity index (χ0n) is 14.7. The predicted octanol–water partition coefficient (Wildman–Crippen LogP) is 1.70. The van der Waals surface area contributed by atoms with E-state index in [1.54, 1.807) is 11.0 Å². The first-order chi connectivity index (χ1) is 12.2. The van der Waals surface area contributed by atoms with E-state index in [-0.39, 0.29) is 6.09 Å². The summed E-state index contributed by atoms with van der Waals surface area (Å²) in [6.45, 7) is 7.34. The highest BCUT2D eigenvalue weighted by molar-refractivity contribution is 5.67. The maximum Gasteiger partial charge on any atom is 0.409 e. The van der Waals surface area contributed by atoms with Crippen molar-refractivity contribution in [1.29, 1.82) is 5.26 Å². The zero-order valence-corrected chi connectivity index (χ0v) is 14.7. The smallest absolute Gasteiger partial charge is 0.409 e. The number of amides is 1. The van der Waals surface area contributed by atoms with Gasteiger partial charge < -0.3 is 14.5 Å². The molecule has 2 aliphatic rings. The summed E-state index contributed by atoms with van der Waals surface area (Å²) < 4.78 is 5.08. The Hall–Kier alpha value is -2.33. The van der Waals surface area contributed by atoms with Gasteiger partial charge in [0.15, 0.2) is 0 Å². The summed E-state index contributed by atoms with van der Waals surface area (Å²) >= 11 is 0. The van der Waals surface area contributed by atoms with E-state index in [1.165, 1.54) is 0 Å². The largest absolute Gasteiger partial charge is 0.450 e. The van der Waals surface area contributed by atoms with Crippen molar-refractivity contribution < 1.29 is 9.53 Å². The van der Waals surface area contributed by atoms with Crippen LogP contribution in [0.4, 0.5) is 10.6 Å². The minimum atomic E-state index is -0.204. The molecule has 0 saturated carbocycles. The number of hydrogen-bond acceptors (Lipinski definition) is 6. The number of nitriles is 1. The fourth-order valence-electron chi connectivity index (χ4n) is 3.61. The lowest BCUT2D eigenvalue weighted by Gasteiger charge is -2.43. The van der Waals surface area contributed by atoms with Crippen molar-refractivity contribution in [3.63, 3.8) is 0 Å². The lowest BCUT2D eigenvalue weighted by Crippen LogP contribution is -2.56. The molecule has 2 aliphatic heterocycles. The number of carbonyl (C=O) groups excluding carboxylic acids is 1. The standard InChI is InChI=1S/C18H25N5O2/c1-2-25-18(24)22-11-9-21(10-12-22)16-6-4-8-23(14-16)17-7-3-5-15(13-19)20-17/h3,5,7,16H,2,4,6,8-12,14H2,1H3/t16-/m0/s1. The van der Waals surface area contributed by atoms with E-state index >= 15 is 0 Å². The molecule has 1 aromatic heterocycles. The third kappa shape index (κ3) is 4.20. The van der Waals surface area contributed by atoms with E-state index < -0.39 is 0 Å². The van der Waals surface area contributed by atoms with Gasteiger partial charge in [-0.3, -0.25) is 4.90 Å². The lowest BCUT2D eigenvalue weighted by molar-refractivity contribution is 0.0629. The van der Waals surface area contributed by atoms with Crippen LogP contribution in [-0.4, -0.2) is 72.8 Å². The van der Waals surface area contributed by atoms with Crippen molar-refractivity contribution in [3.8, 4) is 6.07 Å². The molecule has 3 heterocycles. The monoisotopic (exact) mass is 343 g/mol. The predicted molar refractivity (Wildman–Crippen MR) is 94.4 cm³/mol. The Bertz CT molecular complexity index is 637. The number of piperazine rings is 1. The Morgan fingerprint density at radius 1 is 1.32 bits per heavy atom. The van der Waals surface area contributed by atoms with Crippen LogP contribution in [0.25, 0.3) is 0 Å². The van der Waals surface area contributed by atoms with Gasteiger partial charge in [0, 0.05) is 45.3 Å². The van der Waals surface area contributed by atoms with Crippen LogP contribution in [0.1, 0.15) is 25.5 Å². The number of anilines is 1. The van der Waals surface area contributed by atoms with Crippen LogP contribution in [0.2, 0.25) is 0 Å². The average molecular weight is 343 g/mol. The van der Waals surface area contributed by atoms with Gasteiger partial charge in [-0.05, 0) is 31.9 Å². The molecular weight excluding hydrogens is 318 g/mol. The van der Waals surface area contributed by atoms with E-state index in [4.69, 9.17) is 10.00 Å². The third-order valence-electron chi connectivity index (χ3n) is 4.93. The van der Waals surface area contributed by atoms with E-state index in [9.17, 15) is 4.79 Å². The summed E-state index contributed by atoms with van der Waals surface area (Å²) in [7, 11) is 0. The molecule has 0 radical (unpaired) electrons. The fraction of sp³-hybridized carbons (Fsp3) is 0.611. The van der Waals surface area contributed by atoms with Crippen LogP contribution in [0.3, 0.4) is 0 Å². The van der Waals surface area contributed by atoms with Crippen LogP contribution >= 0.6 is 0 Å². The highest BCUT2D eigenvalue weighted by atomic mass is 16.6. The second-order valence-corrected chi connectivity index (χ2v) is 6.46. The van der Waals surface area contributed by atoms with Gasteiger partial charge in [-0.2, -0.15) is 5.26 Å². The molecule has 1 aromatic rings. The number of nitrogens with zero attached hydrogens (tertiary/aromatic N) is 5. The van der Waals surface area contributed by atoms with Gasteiger partial charge in [-0.1, -0.05) is 6.07 Å². The molecule has 1 atom stereocenters. The van der Waals surface area contributed by atoms with Gasteiger partial charge >= 0.3 is 6.09 Å². The third-order valence-corrected chi connectivity index (χ3v) is 4.93. The first kappa shape index (κ1) is 17.5. The Kier molecular flexibility index (Phi) is 5.71. The first-order valence-electron chi connectivity index (χ1n) is 8.99. The number of rotatable bonds is 3. The van der Waals surface area contributed by atoms with Crippen molar-refractivity contribution >= 4 is 11.9 Å². The molecule has 7 heteroatoms. The molecule has 0 bridgehead atoms. The molecule has 0 spiro atoms. The number of ether oxygens (including phenoxy) is 1. The second kappa shape index (κ2) is 8.17. The topological polar surface area (TPSA) is 72.7 Å². The van der Waals surface area contributed by atoms with Crippen LogP contribution in [-0.2, 0) is 4.74 Å². The van der Waals surface area contributed by atoms with Gasteiger partial charge in [0.25, 0.3) is 0 Å². The minimum Gasteiger partial charge on any atom is -0.450 e. The van der Waals surface area contributed by atoms with Crippen LogP contribution in [0, 0.1) is 11.3 Å². The Morgan fingerprint density at radius 2 is 2.12 bits per heavy atom. The molecule has 25 heavy (non-hydrogen) atoms. The molecule has 7 nitrogen and oxygen atoms in total. The molecule has 134 valence electrons. The summed E-state index contributed by atoms with van der Waals surface area (Å²) in [5.74, 6) is 0.883. The highest BCUT2D eigenvalue weighted by Crippen LogP contribution is 2.22. The number of hydrogen-bond donors (Lipinski definition) is 0. The fourth-order valence-corrected chi connectivity index (χ4v) is 3.61. The highest BCUT2D eigenvalue weighted by Gasteiger charge is 2.30. The summed E-state index contributed by atoms with van der Waals surface area (Å²) in [6.07, 6.45) is 2.07. The molecule has 0 aliphatic carbocycles. The molecule has 0 aromatic carbocycles. The lowest BCUT2D eigenvalue weighted by atomic mass is 10.0. The Balaban J connectivity index is 1.57. The van der Waals surface area contributed by atoms with Crippen LogP contribution in [0.15, 0.2) is 18.2 Å². The van der Waals surface area contributed by atoms with E-state index in [0.29, 0.717) is 18.3 Å². The normalized spacial score (nSPS) is 21.7. The molecule has 0 N–H and O–H groups in total. The molecular formula is C18H25N5O2. The van der Waals surface area contributed by atoms with Gasteiger partial charge in [0.2, 0.25) is 0 Å².